The maximum Gasteiger partial charge on any atom is 0.256 e. The Morgan fingerprint density at radius 1 is 1.10 bits per heavy atom. The van der Waals surface area contributed by atoms with E-state index in [0.717, 1.165) is 26.2 Å². The summed E-state index contributed by atoms with van der Waals surface area (Å²) in [7, 11) is 0. The fourth-order valence-electron chi connectivity index (χ4n) is 2.30. The second kappa shape index (κ2) is 8.35. The van der Waals surface area contributed by atoms with Gasteiger partial charge in [-0.1, -0.05) is 12.1 Å². The van der Waals surface area contributed by atoms with Gasteiger partial charge in [-0.3, -0.25) is 9.69 Å². The summed E-state index contributed by atoms with van der Waals surface area (Å²) in [5.74, 6) is 0.0523. The lowest BCUT2D eigenvalue weighted by molar-refractivity contribution is 0.0596. The number of hydrogen-bond donors (Lipinski definition) is 1. The van der Waals surface area contributed by atoms with Crippen LogP contribution in [0.15, 0.2) is 24.3 Å². The van der Waals surface area contributed by atoms with Gasteiger partial charge in [-0.25, -0.2) is 0 Å². The van der Waals surface area contributed by atoms with Crippen molar-refractivity contribution in [3.63, 3.8) is 0 Å². The summed E-state index contributed by atoms with van der Waals surface area (Å²) in [4.78, 5) is 16.6. The van der Waals surface area contributed by atoms with Crippen molar-refractivity contribution in [3.05, 3.63) is 29.8 Å². The Kier molecular flexibility index (Phi) is 7.94. The molecule has 1 aromatic rings. The number of nitrogen functional groups attached to an aromatic ring is 1. The molecule has 1 fully saturated rings. The van der Waals surface area contributed by atoms with Crippen molar-refractivity contribution in [2.75, 3.05) is 31.9 Å². The molecule has 4 nitrogen and oxygen atoms in total. The van der Waals surface area contributed by atoms with Gasteiger partial charge in [-0.2, -0.15) is 0 Å². The minimum atomic E-state index is 0. The summed E-state index contributed by atoms with van der Waals surface area (Å²) < 4.78 is 0. The first-order valence-electron chi connectivity index (χ1n) is 6.47. The second-order valence-electron chi connectivity index (χ2n) is 5.01. The molecule has 20 heavy (non-hydrogen) atoms. The number of carbonyl (C=O) groups excluding carboxylic acids is 1. The zero-order valence-corrected chi connectivity index (χ0v) is 13.5. The van der Waals surface area contributed by atoms with E-state index in [1.165, 1.54) is 0 Å². The van der Waals surface area contributed by atoms with Crippen molar-refractivity contribution in [1.82, 2.24) is 9.80 Å². The Morgan fingerprint density at radius 3 is 2.15 bits per heavy atom. The lowest BCUT2D eigenvalue weighted by Gasteiger charge is -2.37. The molecular weight excluding hydrogens is 297 g/mol. The molecule has 1 aliphatic rings. The van der Waals surface area contributed by atoms with Crippen LogP contribution in [0.3, 0.4) is 0 Å². The van der Waals surface area contributed by atoms with Crippen molar-refractivity contribution in [1.29, 1.82) is 0 Å². The molecule has 1 amide bonds. The number of carbonyl (C=O) groups is 1. The predicted molar refractivity (Wildman–Crippen MR) is 88.0 cm³/mol. The number of para-hydroxylation sites is 1. The molecule has 0 atom stereocenters. The number of rotatable bonds is 2. The van der Waals surface area contributed by atoms with Gasteiger partial charge in [0.05, 0.1) is 5.56 Å². The maximum atomic E-state index is 12.3. The van der Waals surface area contributed by atoms with Crippen LogP contribution in [0.1, 0.15) is 24.2 Å². The van der Waals surface area contributed by atoms with Crippen molar-refractivity contribution in [3.8, 4) is 0 Å². The molecule has 0 aliphatic carbocycles. The number of benzene rings is 1. The van der Waals surface area contributed by atoms with Gasteiger partial charge >= 0.3 is 0 Å². The average Bonchev–Trinajstić information content (AvgIpc) is 2.38. The molecule has 0 bridgehead atoms. The van der Waals surface area contributed by atoms with Gasteiger partial charge in [0.2, 0.25) is 0 Å². The van der Waals surface area contributed by atoms with E-state index in [1.54, 1.807) is 12.1 Å². The number of halogens is 2. The number of amides is 1. The molecule has 114 valence electrons. The molecule has 1 aromatic carbocycles. The molecule has 2 rings (SSSR count). The average molecular weight is 320 g/mol. The Labute approximate surface area is 133 Å². The number of hydrogen-bond acceptors (Lipinski definition) is 3. The van der Waals surface area contributed by atoms with E-state index in [4.69, 9.17) is 5.73 Å². The number of nitrogens with zero attached hydrogens (tertiary/aromatic N) is 2. The van der Waals surface area contributed by atoms with E-state index in [2.05, 4.69) is 18.7 Å². The first-order chi connectivity index (χ1) is 8.59. The fourth-order valence-corrected chi connectivity index (χ4v) is 2.30. The molecule has 2 N–H and O–H groups in total. The summed E-state index contributed by atoms with van der Waals surface area (Å²) in [6.07, 6.45) is 0. The van der Waals surface area contributed by atoms with Crippen LogP contribution >= 0.6 is 24.8 Å². The Hall–Kier alpha value is -0.970. The molecule has 6 heteroatoms. The molecule has 0 unspecified atom stereocenters. The van der Waals surface area contributed by atoms with Crippen LogP contribution in [-0.2, 0) is 0 Å². The number of piperazine rings is 1. The van der Waals surface area contributed by atoms with Gasteiger partial charge in [0.25, 0.3) is 5.91 Å². The molecule has 1 heterocycles. The van der Waals surface area contributed by atoms with Crippen LogP contribution in [0.5, 0.6) is 0 Å². The van der Waals surface area contributed by atoms with Crippen LogP contribution < -0.4 is 5.73 Å². The highest BCUT2D eigenvalue weighted by Gasteiger charge is 2.23. The predicted octanol–water partition coefficient (Wildman–Crippen LogP) is 2.28. The van der Waals surface area contributed by atoms with E-state index < -0.39 is 0 Å². The van der Waals surface area contributed by atoms with Crippen molar-refractivity contribution in [2.45, 2.75) is 19.9 Å². The van der Waals surface area contributed by atoms with Gasteiger partial charge in [0.15, 0.2) is 0 Å². The van der Waals surface area contributed by atoms with E-state index >= 15 is 0 Å². The van der Waals surface area contributed by atoms with Crippen LogP contribution in [0.2, 0.25) is 0 Å². The van der Waals surface area contributed by atoms with Crippen LogP contribution in [-0.4, -0.2) is 47.9 Å². The molecule has 1 aliphatic heterocycles. The highest BCUT2D eigenvalue weighted by Crippen LogP contribution is 2.15. The second-order valence-corrected chi connectivity index (χ2v) is 5.01. The number of anilines is 1. The lowest BCUT2D eigenvalue weighted by atomic mass is 10.1. The smallest absolute Gasteiger partial charge is 0.256 e. The molecule has 0 radical (unpaired) electrons. The normalized spacial score (nSPS) is 15.4. The van der Waals surface area contributed by atoms with Crippen molar-refractivity contribution in [2.24, 2.45) is 0 Å². The Balaban J connectivity index is 0.00000180. The summed E-state index contributed by atoms with van der Waals surface area (Å²) >= 11 is 0. The summed E-state index contributed by atoms with van der Waals surface area (Å²) in [6, 6.07) is 7.82. The van der Waals surface area contributed by atoms with Gasteiger partial charge in [-0.05, 0) is 26.0 Å². The zero-order valence-electron chi connectivity index (χ0n) is 11.9. The summed E-state index contributed by atoms with van der Waals surface area (Å²) in [6.45, 7) is 7.82. The molecule has 0 saturated carbocycles. The highest BCUT2D eigenvalue weighted by molar-refractivity contribution is 5.99. The highest BCUT2D eigenvalue weighted by atomic mass is 35.5. The third-order valence-corrected chi connectivity index (χ3v) is 3.52. The third kappa shape index (κ3) is 4.27. The molecule has 0 aromatic heterocycles. The quantitative estimate of drug-likeness (QED) is 0.851. The third-order valence-electron chi connectivity index (χ3n) is 3.52. The minimum Gasteiger partial charge on any atom is -0.398 e. The van der Waals surface area contributed by atoms with E-state index in [9.17, 15) is 4.79 Å². The topological polar surface area (TPSA) is 49.6 Å². The van der Waals surface area contributed by atoms with Gasteiger partial charge in [-0.15, -0.1) is 24.8 Å². The molecule has 0 spiro atoms. The van der Waals surface area contributed by atoms with Crippen LogP contribution in [0.4, 0.5) is 5.69 Å². The SMILES string of the molecule is CC(C)N1CCN(C(=O)c2ccccc2N)CC1.Cl.Cl. The maximum absolute atomic E-state index is 12.3. The van der Waals surface area contributed by atoms with E-state index in [-0.39, 0.29) is 30.7 Å². The largest absolute Gasteiger partial charge is 0.398 e. The van der Waals surface area contributed by atoms with Crippen LogP contribution in [0.25, 0.3) is 0 Å². The van der Waals surface area contributed by atoms with Crippen molar-refractivity contribution >= 4 is 36.4 Å². The summed E-state index contributed by atoms with van der Waals surface area (Å²) in [5, 5.41) is 0. The Morgan fingerprint density at radius 2 is 1.65 bits per heavy atom. The zero-order chi connectivity index (χ0) is 13.1. The van der Waals surface area contributed by atoms with Gasteiger partial charge < -0.3 is 10.6 Å². The molecule has 1 saturated heterocycles. The summed E-state index contributed by atoms with van der Waals surface area (Å²) in [5.41, 5.74) is 7.03. The molecular formula is C14H23Cl2N3O. The standard InChI is InChI=1S/C14H21N3O.2ClH/c1-11(2)16-7-9-17(10-8-16)14(18)12-5-3-4-6-13(12)15;;/h3-6,11H,7-10,15H2,1-2H3;2*1H. The fraction of sp³-hybridized carbons (Fsp3) is 0.500. The number of nitrogens with two attached hydrogens (primary N) is 1. The lowest BCUT2D eigenvalue weighted by Crippen LogP contribution is -2.50. The first-order valence-corrected chi connectivity index (χ1v) is 6.47. The monoisotopic (exact) mass is 319 g/mol. The van der Waals surface area contributed by atoms with E-state index in [1.807, 2.05) is 17.0 Å². The van der Waals surface area contributed by atoms with E-state index in [0.29, 0.717) is 17.3 Å². The van der Waals surface area contributed by atoms with Gasteiger partial charge in [0, 0.05) is 37.9 Å². The first kappa shape index (κ1) is 19.0. The Bertz CT molecular complexity index is 432. The van der Waals surface area contributed by atoms with Crippen LogP contribution in [0, 0.1) is 0 Å². The van der Waals surface area contributed by atoms with Crippen molar-refractivity contribution < 1.29 is 4.79 Å². The van der Waals surface area contributed by atoms with Gasteiger partial charge in [0.1, 0.15) is 0 Å². The minimum absolute atomic E-state index is 0.